The standard InChI is InChI=1S/C14H27N3O.HI/c1-12(2)4-8-16-14(15-3)17-9-5-13-6-10-18-11-7-13;/h6,12H,4-5,7-11H2,1-3H3,(H2,15,16,17);1H. The molecule has 0 amide bonds. The molecule has 1 aliphatic rings. The van der Waals surface area contributed by atoms with Crippen molar-refractivity contribution in [2.24, 2.45) is 10.9 Å². The van der Waals surface area contributed by atoms with E-state index in [2.05, 4.69) is 35.5 Å². The van der Waals surface area contributed by atoms with Crippen LogP contribution in [-0.4, -0.2) is 39.3 Å². The van der Waals surface area contributed by atoms with E-state index in [0.29, 0.717) is 0 Å². The fraction of sp³-hybridized carbons (Fsp3) is 0.786. The molecule has 1 rings (SSSR count). The van der Waals surface area contributed by atoms with E-state index in [0.717, 1.165) is 51.0 Å². The van der Waals surface area contributed by atoms with Gasteiger partial charge in [-0.15, -0.1) is 24.0 Å². The van der Waals surface area contributed by atoms with Crippen LogP contribution in [0.1, 0.15) is 33.1 Å². The van der Waals surface area contributed by atoms with Gasteiger partial charge in [-0.25, -0.2) is 0 Å². The molecule has 0 aliphatic carbocycles. The summed E-state index contributed by atoms with van der Waals surface area (Å²) in [6, 6.07) is 0. The van der Waals surface area contributed by atoms with Crippen LogP contribution < -0.4 is 10.6 Å². The van der Waals surface area contributed by atoms with E-state index in [-0.39, 0.29) is 24.0 Å². The van der Waals surface area contributed by atoms with E-state index in [1.807, 2.05) is 7.05 Å². The molecule has 0 fully saturated rings. The van der Waals surface area contributed by atoms with Crippen molar-refractivity contribution in [1.29, 1.82) is 0 Å². The Hall–Kier alpha value is -0.300. The topological polar surface area (TPSA) is 45.7 Å². The lowest BCUT2D eigenvalue weighted by molar-refractivity contribution is 0.153. The number of nitrogens with zero attached hydrogens (tertiary/aromatic N) is 1. The summed E-state index contributed by atoms with van der Waals surface area (Å²) in [5.41, 5.74) is 1.49. The molecule has 0 saturated heterocycles. The van der Waals surface area contributed by atoms with Crippen LogP contribution in [0.3, 0.4) is 0 Å². The SMILES string of the molecule is CN=C(NCCC1=CCOCC1)NCCC(C)C.I. The Labute approximate surface area is 134 Å². The second kappa shape index (κ2) is 11.5. The minimum absolute atomic E-state index is 0. The molecule has 0 unspecified atom stereocenters. The highest BCUT2D eigenvalue weighted by atomic mass is 127. The molecule has 1 heterocycles. The van der Waals surface area contributed by atoms with Crippen molar-refractivity contribution in [3.05, 3.63) is 11.6 Å². The van der Waals surface area contributed by atoms with Crippen molar-refractivity contribution in [2.45, 2.75) is 33.1 Å². The summed E-state index contributed by atoms with van der Waals surface area (Å²) < 4.78 is 5.29. The third-order valence-electron chi connectivity index (χ3n) is 3.03. The van der Waals surface area contributed by atoms with Gasteiger partial charge in [-0.05, 0) is 25.2 Å². The first-order valence-electron chi connectivity index (χ1n) is 6.92. The molecule has 1 aliphatic heterocycles. The maximum atomic E-state index is 5.29. The monoisotopic (exact) mass is 381 g/mol. The van der Waals surface area contributed by atoms with E-state index >= 15 is 0 Å². The van der Waals surface area contributed by atoms with Gasteiger partial charge in [-0.1, -0.05) is 25.5 Å². The van der Waals surface area contributed by atoms with Crippen LogP contribution >= 0.6 is 24.0 Å². The molecule has 112 valence electrons. The smallest absolute Gasteiger partial charge is 0.190 e. The minimum Gasteiger partial charge on any atom is -0.377 e. The average molecular weight is 381 g/mol. The maximum Gasteiger partial charge on any atom is 0.190 e. The van der Waals surface area contributed by atoms with Crippen molar-refractivity contribution in [3.8, 4) is 0 Å². The lowest BCUT2D eigenvalue weighted by Gasteiger charge is -2.16. The Balaban J connectivity index is 0.00000324. The number of ether oxygens (including phenoxy) is 1. The highest BCUT2D eigenvalue weighted by molar-refractivity contribution is 14.0. The Morgan fingerprint density at radius 2 is 2.11 bits per heavy atom. The first-order chi connectivity index (χ1) is 8.72. The van der Waals surface area contributed by atoms with Crippen LogP contribution in [0.4, 0.5) is 0 Å². The largest absolute Gasteiger partial charge is 0.377 e. The van der Waals surface area contributed by atoms with Gasteiger partial charge in [0.2, 0.25) is 0 Å². The van der Waals surface area contributed by atoms with Crippen LogP contribution in [0.25, 0.3) is 0 Å². The molecule has 0 bridgehead atoms. The predicted octanol–water partition coefficient (Wildman–Crippen LogP) is 2.55. The molecule has 2 N–H and O–H groups in total. The molecule has 0 aromatic carbocycles. The third kappa shape index (κ3) is 9.27. The minimum atomic E-state index is 0. The summed E-state index contributed by atoms with van der Waals surface area (Å²) in [7, 11) is 1.82. The highest BCUT2D eigenvalue weighted by Gasteiger charge is 2.04. The number of guanidine groups is 1. The molecular weight excluding hydrogens is 353 g/mol. The molecule has 0 radical (unpaired) electrons. The van der Waals surface area contributed by atoms with Gasteiger partial charge in [0.1, 0.15) is 0 Å². The predicted molar refractivity (Wildman–Crippen MR) is 92.4 cm³/mol. The molecule has 0 atom stereocenters. The fourth-order valence-corrected chi connectivity index (χ4v) is 1.83. The number of aliphatic imine (C=N–C) groups is 1. The van der Waals surface area contributed by atoms with Gasteiger partial charge < -0.3 is 15.4 Å². The molecule has 0 saturated carbocycles. The molecule has 0 spiro atoms. The van der Waals surface area contributed by atoms with Crippen LogP contribution in [0.5, 0.6) is 0 Å². The van der Waals surface area contributed by atoms with Crippen molar-refractivity contribution >= 4 is 29.9 Å². The Morgan fingerprint density at radius 3 is 2.68 bits per heavy atom. The van der Waals surface area contributed by atoms with Crippen molar-refractivity contribution in [2.75, 3.05) is 33.4 Å². The summed E-state index contributed by atoms with van der Waals surface area (Å²) in [4.78, 5) is 4.22. The number of halogens is 1. The van der Waals surface area contributed by atoms with Gasteiger partial charge in [-0.2, -0.15) is 0 Å². The highest BCUT2D eigenvalue weighted by Crippen LogP contribution is 2.10. The Morgan fingerprint density at radius 1 is 1.37 bits per heavy atom. The van der Waals surface area contributed by atoms with E-state index in [4.69, 9.17) is 4.74 Å². The molecular formula is C14H28IN3O. The van der Waals surface area contributed by atoms with E-state index in [1.165, 1.54) is 12.0 Å². The first-order valence-corrected chi connectivity index (χ1v) is 6.92. The van der Waals surface area contributed by atoms with Crippen LogP contribution in [0, 0.1) is 5.92 Å². The quantitative estimate of drug-likeness (QED) is 0.322. The summed E-state index contributed by atoms with van der Waals surface area (Å²) >= 11 is 0. The molecule has 0 aromatic rings. The molecule has 4 nitrogen and oxygen atoms in total. The van der Waals surface area contributed by atoms with Crippen LogP contribution in [0.2, 0.25) is 0 Å². The van der Waals surface area contributed by atoms with Gasteiger partial charge in [0.05, 0.1) is 13.2 Å². The van der Waals surface area contributed by atoms with Crippen LogP contribution in [0.15, 0.2) is 16.6 Å². The van der Waals surface area contributed by atoms with Crippen molar-refractivity contribution < 1.29 is 4.74 Å². The van der Waals surface area contributed by atoms with Gasteiger partial charge in [-0.3, -0.25) is 4.99 Å². The third-order valence-corrected chi connectivity index (χ3v) is 3.03. The molecule has 5 heteroatoms. The normalized spacial score (nSPS) is 15.8. The van der Waals surface area contributed by atoms with Gasteiger partial charge >= 0.3 is 0 Å². The summed E-state index contributed by atoms with van der Waals surface area (Å²) in [5, 5.41) is 6.68. The van der Waals surface area contributed by atoms with Gasteiger partial charge in [0.15, 0.2) is 5.96 Å². The summed E-state index contributed by atoms with van der Waals surface area (Å²) in [6.07, 6.45) is 5.51. The zero-order valence-electron chi connectivity index (χ0n) is 12.4. The van der Waals surface area contributed by atoms with Gasteiger partial charge in [0, 0.05) is 20.1 Å². The lowest BCUT2D eigenvalue weighted by Crippen LogP contribution is -2.38. The second-order valence-electron chi connectivity index (χ2n) is 5.05. The average Bonchev–Trinajstić information content (AvgIpc) is 2.38. The van der Waals surface area contributed by atoms with Crippen LogP contribution in [-0.2, 0) is 4.74 Å². The van der Waals surface area contributed by atoms with E-state index in [9.17, 15) is 0 Å². The number of hydrogen-bond acceptors (Lipinski definition) is 2. The molecule has 19 heavy (non-hydrogen) atoms. The van der Waals surface area contributed by atoms with E-state index < -0.39 is 0 Å². The Kier molecular flexibility index (Phi) is 11.3. The number of rotatable bonds is 6. The van der Waals surface area contributed by atoms with Crippen molar-refractivity contribution in [3.63, 3.8) is 0 Å². The second-order valence-corrected chi connectivity index (χ2v) is 5.05. The van der Waals surface area contributed by atoms with Gasteiger partial charge in [0.25, 0.3) is 0 Å². The number of nitrogens with one attached hydrogen (secondary N) is 2. The molecule has 0 aromatic heterocycles. The fourth-order valence-electron chi connectivity index (χ4n) is 1.83. The summed E-state index contributed by atoms with van der Waals surface area (Å²) in [5.74, 6) is 1.63. The van der Waals surface area contributed by atoms with E-state index in [1.54, 1.807) is 0 Å². The zero-order chi connectivity index (χ0) is 13.2. The van der Waals surface area contributed by atoms with Crippen molar-refractivity contribution in [1.82, 2.24) is 10.6 Å². The summed E-state index contributed by atoms with van der Waals surface area (Å²) in [6.45, 7) is 8.02. The first kappa shape index (κ1) is 18.7. The lowest BCUT2D eigenvalue weighted by atomic mass is 10.1. The Bertz CT molecular complexity index is 290. The maximum absolute atomic E-state index is 5.29. The number of hydrogen-bond donors (Lipinski definition) is 2. The zero-order valence-corrected chi connectivity index (χ0v) is 14.7.